The highest BCUT2D eigenvalue weighted by molar-refractivity contribution is 9.10. The van der Waals surface area contributed by atoms with Gasteiger partial charge in [0.05, 0.1) is 0 Å². The normalized spacial score (nSPS) is 26.1. The third-order valence-corrected chi connectivity index (χ3v) is 3.44. The van der Waals surface area contributed by atoms with Gasteiger partial charge >= 0.3 is 0 Å². The molecule has 1 aliphatic heterocycles. The van der Waals surface area contributed by atoms with Crippen LogP contribution in [-0.4, -0.2) is 13.6 Å². The lowest BCUT2D eigenvalue weighted by molar-refractivity contribution is 0.437. The van der Waals surface area contributed by atoms with Crippen LogP contribution in [-0.2, 0) is 5.54 Å². The van der Waals surface area contributed by atoms with Crippen LogP contribution >= 0.6 is 15.9 Å². The molecule has 2 N–H and O–H groups in total. The lowest BCUT2D eigenvalue weighted by Gasteiger charge is -2.38. The Morgan fingerprint density at radius 3 is 2.93 bits per heavy atom. The molecule has 1 atom stereocenters. The fraction of sp³-hybridized carbons (Fsp3) is 0.455. The highest BCUT2D eigenvalue weighted by Crippen LogP contribution is 2.37. The van der Waals surface area contributed by atoms with E-state index >= 15 is 0 Å². The van der Waals surface area contributed by atoms with E-state index in [2.05, 4.69) is 53.0 Å². The molecule has 1 unspecified atom stereocenters. The summed E-state index contributed by atoms with van der Waals surface area (Å²) in [7, 11) is 2.11. The van der Waals surface area contributed by atoms with Crippen molar-refractivity contribution in [2.24, 2.45) is 5.73 Å². The highest BCUT2D eigenvalue weighted by atomic mass is 79.9. The smallest absolute Gasteiger partial charge is 0.0419 e. The Balaban J connectivity index is 2.58. The summed E-state index contributed by atoms with van der Waals surface area (Å²) in [5.74, 6) is 0. The molecule has 1 aliphatic rings. The van der Waals surface area contributed by atoms with E-state index in [0.717, 1.165) is 17.4 Å². The molecule has 0 fully saturated rings. The average Bonchev–Trinajstić information content (AvgIpc) is 2.12. The summed E-state index contributed by atoms with van der Waals surface area (Å²) in [5.41, 5.74) is 8.57. The number of nitrogens with two attached hydrogens (primary N) is 1. The zero-order chi connectivity index (χ0) is 10.3. The van der Waals surface area contributed by atoms with Gasteiger partial charge in [0.1, 0.15) is 0 Å². The molecule has 0 amide bonds. The van der Waals surface area contributed by atoms with E-state index in [-0.39, 0.29) is 5.54 Å². The van der Waals surface area contributed by atoms with Crippen LogP contribution in [0.5, 0.6) is 0 Å². The minimum absolute atomic E-state index is 0.189. The fourth-order valence-electron chi connectivity index (χ4n) is 1.95. The molecule has 1 aromatic carbocycles. The first-order valence-electron chi connectivity index (χ1n) is 4.81. The van der Waals surface area contributed by atoms with Gasteiger partial charge < -0.3 is 10.6 Å². The van der Waals surface area contributed by atoms with Crippen molar-refractivity contribution in [1.82, 2.24) is 0 Å². The van der Waals surface area contributed by atoms with Crippen LogP contribution in [0.25, 0.3) is 0 Å². The number of hydrogen-bond donors (Lipinski definition) is 1. The molecule has 3 heteroatoms. The van der Waals surface area contributed by atoms with Gasteiger partial charge in [0.15, 0.2) is 0 Å². The van der Waals surface area contributed by atoms with E-state index in [1.807, 2.05) is 0 Å². The van der Waals surface area contributed by atoms with Gasteiger partial charge in [0.25, 0.3) is 0 Å². The van der Waals surface area contributed by atoms with E-state index in [9.17, 15) is 0 Å². The Morgan fingerprint density at radius 2 is 2.21 bits per heavy atom. The third-order valence-electron chi connectivity index (χ3n) is 2.95. The summed E-state index contributed by atoms with van der Waals surface area (Å²) in [6, 6.07) is 6.32. The number of fused-ring (bicyclic) bond motifs is 1. The molecule has 1 heterocycles. The minimum atomic E-state index is -0.189. The van der Waals surface area contributed by atoms with Crippen LogP contribution in [0.3, 0.4) is 0 Å². The molecule has 0 aromatic heterocycles. The molecule has 1 aromatic rings. The first-order valence-corrected chi connectivity index (χ1v) is 5.60. The van der Waals surface area contributed by atoms with E-state index in [4.69, 9.17) is 5.73 Å². The molecule has 14 heavy (non-hydrogen) atoms. The SMILES string of the molecule is CN1CCC(C)(N)c2cc(Br)ccc21. The predicted molar refractivity (Wildman–Crippen MR) is 63.6 cm³/mol. The standard InChI is InChI=1S/C11H15BrN2/c1-11(13)5-6-14(2)10-4-3-8(12)7-9(10)11/h3-4,7H,5-6,13H2,1-2H3. The van der Waals surface area contributed by atoms with Gasteiger partial charge in [-0.05, 0) is 37.1 Å². The quantitative estimate of drug-likeness (QED) is 0.771. The monoisotopic (exact) mass is 254 g/mol. The van der Waals surface area contributed by atoms with Gasteiger partial charge in [-0.15, -0.1) is 0 Å². The van der Waals surface area contributed by atoms with E-state index < -0.39 is 0 Å². The van der Waals surface area contributed by atoms with Crippen molar-refractivity contribution in [1.29, 1.82) is 0 Å². The van der Waals surface area contributed by atoms with Crippen molar-refractivity contribution in [2.75, 3.05) is 18.5 Å². The van der Waals surface area contributed by atoms with Crippen molar-refractivity contribution in [3.8, 4) is 0 Å². The Labute approximate surface area is 93.2 Å². The highest BCUT2D eigenvalue weighted by Gasteiger charge is 2.30. The first-order chi connectivity index (χ1) is 6.50. The molecule has 2 nitrogen and oxygen atoms in total. The van der Waals surface area contributed by atoms with Gasteiger partial charge in [0.2, 0.25) is 0 Å². The van der Waals surface area contributed by atoms with E-state index in [1.165, 1.54) is 11.3 Å². The van der Waals surface area contributed by atoms with E-state index in [1.54, 1.807) is 0 Å². The van der Waals surface area contributed by atoms with Crippen molar-refractivity contribution >= 4 is 21.6 Å². The second-order valence-corrected chi connectivity index (χ2v) is 5.17. The van der Waals surface area contributed by atoms with Crippen LogP contribution in [0.2, 0.25) is 0 Å². The van der Waals surface area contributed by atoms with Gasteiger partial charge in [-0.25, -0.2) is 0 Å². The van der Waals surface area contributed by atoms with Gasteiger partial charge in [-0.2, -0.15) is 0 Å². The zero-order valence-corrected chi connectivity index (χ0v) is 10.1. The number of nitrogens with zero attached hydrogens (tertiary/aromatic N) is 1. The number of hydrogen-bond acceptors (Lipinski definition) is 2. The van der Waals surface area contributed by atoms with Crippen molar-refractivity contribution in [3.05, 3.63) is 28.2 Å². The molecular formula is C11H15BrN2. The van der Waals surface area contributed by atoms with Crippen molar-refractivity contribution in [3.63, 3.8) is 0 Å². The van der Waals surface area contributed by atoms with Crippen LogP contribution < -0.4 is 10.6 Å². The Kier molecular flexibility index (Phi) is 2.32. The second kappa shape index (κ2) is 3.24. The van der Waals surface area contributed by atoms with Crippen LogP contribution in [0, 0.1) is 0 Å². The van der Waals surface area contributed by atoms with Gasteiger partial charge in [-0.1, -0.05) is 15.9 Å². The summed E-state index contributed by atoms with van der Waals surface area (Å²) in [5, 5.41) is 0. The summed E-state index contributed by atoms with van der Waals surface area (Å²) < 4.78 is 1.10. The largest absolute Gasteiger partial charge is 0.374 e. The summed E-state index contributed by atoms with van der Waals surface area (Å²) in [6.07, 6.45) is 1.01. The number of benzene rings is 1. The molecule has 0 bridgehead atoms. The molecular weight excluding hydrogens is 240 g/mol. The molecule has 76 valence electrons. The van der Waals surface area contributed by atoms with Gasteiger partial charge in [0, 0.05) is 29.3 Å². The van der Waals surface area contributed by atoms with Crippen LogP contribution in [0.4, 0.5) is 5.69 Å². The minimum Gasteiger partial charge on any atom is -0.374 e. The first kappa shape index (κ1) is 9.99. The Hall–Kier alpha value is -0.540. The Bertz CT molecular complexity index is 360. The maximum Gasteiger partial charge on any atom is 0.0419 e. The maximum atomic E-state index is 6.27. The molecule has 2 rings (SSSR count). The third kappa shape index (κ3) is 1.55. The van der Waals surface area contributed by atoms with Gasteiger partial charge in [-0.3, -0.25) is 0 Å². The topological polar surface area (TPSA) is 29.3 Å². The molecule has 0 saturated carbocycles. The summed E-state index contributed by atoms with van der Waals surface area (Å²) in [4.78, 5) is 2.26. The predicted octanol–water partition coefficient (Wildman–Crippen LogP) is 2.46. The second-order valence-electron chi connectivity index (χ2n) is 4.25. The van der Waals surface area contributed by atoms with Crippen molar-refractivity contribution in [2.45, 2.75) is 18.9 Å². The number of rotatable bonds is 0. The molecule has 0 aliphatic carbocycles. The molecule has 0 saturated heterocycles. The fourth-order valence-corrected chi connectivity index (χ4v) is 2.31. The van der Waals surface area contributed by atoms with Crippen LogP contribution in [0.15, 0.2) is 22.7 Å². The molecule has 0 spiro atoms. The zero-order valence-electron chi connectivity index (χ0n) is 8.55. The maximum absolute atomic E-state index is 6.27. The number of anilines is 1. The molecule has 0 radical (unpaired) electrons. The lowest BCUT2D eigenvalue weighted by Crippen LogP contribution is -2.42. The lowest BCUT2D eigenvalue weighted by atomic mass is 9.85. The number of halogens is 1. The summed E-state index contributed by atoms with van der Waals surface area (Å²) in [6.45, 7) is 3.13. The summed E-state index contributed by atoms with van der Waals surface area (Å²) >= 11 is 3.49. The van der Waals surface area contributed by atoms with Crippen molar-refractivity contribution < 1.29 is 0 Å². The van der Waals surface area contributed by atoms with Crippen LogP contribution in [0.1, 0.15) is 18.9 Å². The average molecular weight is 255 g/mol. The van der Waals surface area contributed by atoms with E-state index in [0.29, 0.717) is 0 Å². The Morgan fingerprint density at radius 1 is 1.50 bits per heavy atom.